The molecule has 3 aromatic rings. The maximum absolute atomic E-state index is 13.1. The van der Waals surface area contributed by atoms with E-state index in [0.29, 0.717) is 12.6 Å². The van der Waals surface area contributed by atoms with Gasteiger partial charge in [0, 0.05) is 31.2 Å². The summed E-state index contributed by atoms with van der Waals surface area (Å²) in [4.78, 5) is 17.7. The van der Waals surface area contributed by atoms with E-state index in [1.807, 2.05) is 36.2 Å². The first-order chi connectivity index (χ1) is 15.2. The van der Waals surface area contributed by atoms with Gasteiger partial charge in [-0.05, 0) is 71.5 Å². The first-order valence-electron chi connectivity index (χ1n) is 11.0. The molecule has 0 radical (unpaired) electrons. The lowest BCUT2D eigenvalue weighted by atomic mass is 10.0. The van der Waals surface area contributed by atoms with Gasteiger partial charge in [0.15, 0.2) is 0 Å². The van der Waals surface area contributed by atoms with Crippen LogP contribution in [0.25, 0.3) is 0 Å². The molecule has 0 N–H and O–H groups in total. The zero-order valence-electron chi connectivity index (χ0n) is 17.9. The zero-order valence-corrected chi connectivity index (χ0v) is 17.9. The number of hydrogen-bond donors (Lipinski definition) is 0. The molecule has 2 aliphatic rings. The lowest BCUT2D eigenvalue weighted by Crippen LogP contribution is -2.51. The molecule has 0 spiro atoms. The standard InChI is InChI=1S/C24H28N6O/c1-28(24(31)19-10-8-18(9-11-19)15-30-17-25-26-27-30)22-7-4-12-29(16-22)23-13-20-5-2-3-6-21(20)14-23/h2-3,5-6,8-11,17,22-23H,4,7,12-16H2,1H3/t22-/m0/s1. The Morgan fingerprint density at radius 1 is 1.10 bits per heavy atom. The number of aromatic nitrogens is 4. The fraction of sp³-hybridized carbons (Fsp3) is 0.417. The van der Waals surface area contributed by atoms with E-state index >= 15 is 0 Å². The van der Waals surface area contributed by atoms with Gasteiger partial charge in [0.25, 0.3) is 5.91 Å². The molecule has 5 rings (SSSR count). The van der Waals surface area contributed by atoms with Crippen LogP contribution in [0.2, 0.25) is 0 Å². The number of tetrazole rings is 1. The van der Waals surface area contributed by atoms with E-state index in [4.69, 9.17) is 0 Å². The molecule has 7 heteroatoms. The molecule has 0 bridgehead atoms. The first kappa shape index (κ1) is 19.9. The number of benzene rings is 2. The van der Waals surface area contributed by atoms with Gasteiger partial charge in [-0.3, -0.25) is 9.69 Å². The molecule has 31 heavy (non-hydrogen) atoms. The second kappa shape index (κ2) is 8.59. The van der Waals surface area contributed by atoms with Crippen molar-refractivity contribution in [3.8, 4) is 0 Å². The minimum Gasteiger partial charge on any atom is -0.337 e. The lowest BCUT2D eigenvalue weighted by molar-refractivity contribution is 0.0555. The number of piperidine rings is 1. The van der Waals surface area contributed by atoms with Gasteiger partial charge in [0.05, 0.1) is 6.54 Å². The second-order valence-electron chi connectivity index (χ2n) is 8.74. The minimum atomic E-state index is 0.0931. The highest BCUT2D eigenvalue weighted by Gasteiger charge is 2.33. The van der Waals surface area contributed by atoms with Crippen molar-refractivity contribution in [1.82, 2.24) is 30.0 Å². The summed E-state index contributed by atoms with van der Waals surface area (Å²) in [5, 5.41) is 11.2. The number of carbonyl (C=O) groups is 1. The van der Waals surface area contributed by atoms with Crippen LogP contribution in [-0.2, 0) is 19.4 Å². The Kier molecular flexibility index (Phi) is 5.51. The molecule has 2 heterocycles. The van der Waals surface area contributed by atoms with Crippen LogP contribution in [-0.4, -0.2) is 68.1 Å². The van der Waals surface area contributed by atoms with Gasteiger partial charge in [0.2, 0.25) is 0 Å². The summed E-state index contributed by atoms with van der Waals surface area (Å²) in [6.45, 7) is 2.68. The maximum atomic E-state index is 13.1. The second-order valence-corrected chi connectivity index (χ2v) is 8.74. The van der Waals surface area contributed by atoms with Gasteiger partial charge < -0.3 is 4.90 Å². The molecule has 1 amide bonds. The third-order valence-electron chi connectivity index (χ3n) is 6.78. The van der Waals surface area contributed by atoms with E-state index in [-0.39, 0.29) is 11.9 Å². The topological polar surface area (TPSA) is 67.2 Å². The monoisotopic (exact) mass is 416 g/mol. The van der Waals surface area contributed by atoms with Gasteiger partial charge in [0.1, 0.15) is 6.33 Å². The highest BCUT2D eigenvalue weighted by molar-refractivity contribution is 5.94. The minimum absolute atomic E-state index is 0.0931. The van der Waals surface area contributed by atoms with Crippen molar-refractivity contribution < 1.29 is 4.79 Å². The van der Waals surface area contributed by atoms with Crippen molar-refractivity contribution in [1.29, 1.82) is 0 Å². The van der Waals surface area contributed by atoms with E-state index in [0.717, 1.165) is 49.9 Å². The largest absolute Gasteiger partial charge is 0.337 e. The van der Waals surface area contributed by atoms with Crippen molar-refractivity contribution in [3.05, 3.63) is 77.1 Å². The van der Waals surface area contributed by atoms with Gasteiger partial charge in [-0.1, -0.05) is 36.4 Å². The highest BCUT2D eigenvalue weighted by Crippen LogP contribution is 2.28. The van der Waals surface area contributed by atoms with Crippen LogP contribution >= 0.6 is 0 Å². The van der Waals surface area contributed by atoms with Crippen molar-refractivity contribution in [2.45, 2.75) is 44.3 Å². The number of amides is 1. The predicted octanol–water partition coefficient (Wildman–Crippen LogP) is 2.43. The Hall–Kier alpha value is -3.06. The van der Waals surface area contributed by atoms with Crippen LogP contribution in [0.5, 0.6) is 0 Å². The number of carbonyl (C=O) groups excluding carboxylic acids is 1. The Morgan fingerprint density at radius 2 is 1.84 bits per heavy atom. The van der Waals surface area contributed by atoms with Crippen LogP contribution in [0.15, 0.2) is 54.9 Å². The van der Waals surface area contributed by atoms with Crippen molar-refractivity contribution >= 4 is 5.91 Å². The summed E-state index contributed by atoms with van der Waals surface area (Å²) in [6, 6.07) is 17.4. The van der Waals surface area contributed by atoms with Crippen LogP contribution in [0.4, 0.5) is 0 Å². The zero-order chi connectivity index (χ0) is 21.2. The van der Waals surface area contributed by atoms with Gasteiger partial charge in [-0.15, -0.1) is 5.10 Å². The van der Waals surface area contributed by atoms with E-state index in [2.05, 4.69) is 44.7 Å². The predicted molar refractivity (Wildman–Crippen MR) is 118 cm³/mol. The molecule has 1 saturated heterocycles. The van der Waals surface area contributed by atoms with E-state index < -0.39 is 0 Å². The van der Waals surface area contributed by atoms with Crippen LogP contribution < -0.4 is 0 Å². The third kappa shape index (κ3) is 4.23. The van der Waals surface area contributed by atoms with Crippen molar-refractivity contribution in [2.75, 3.05) is 20.1 Å². The molecule has 160 valence electrons. The number of rotatable bonds is 5. The Bertz CT molecular complexity index is 1010. The summed E-state index contributed by atoms with van der Waals surface area (Å²) in [5.41, 5.74) is 4.77. The number of hydrogen-bond acceptors (Lipinski definition) is 5. The Balaban J connectivity index is 1.21. The van der Waals surface area contributed by atoms with Crippen LogP contribution in [0, 0.1) is 0 Å². The average Bonchev–Trinajstić information content (AvgIpc) is 3.48. The average molecular weight is 417 g/mol. The summed E-state index contributed by atoms with van der Waals surface area (Å²) in [5.74, 6) is 0.0931. The quantitative estimate of drug-likeness (QED) is 0.639. The number of fused-ring (bicyclic) bond motifs is 1. The molecule has 1 aliphatic heterocycles. The third-order valence-corrected chi connectivity index (χ3v) is 6.78. The van der Waals surface area contributed by atoms with E-state index in [1.165, 1.54) is 11.1 Å². The molecular formula is C24H28N6O. The molecule has 1 aromatic heterocycles. The molecule has 0 unspecified atom stereocenters. The van der Waals surface area contributed by atoms with Gasteiger partial charge >= 0.3 is 0 Å². The molecule has 1 aliphatic carbocycles. The van der Waals surface area contributed by atoms with Crippen molar-refractivity contribution in [3.63, 3.8) is 0 Å². The van der Waals surface area contributed by atoms with Gasteiger partial charge in [-0.2, -0.15) is 0 Å². The van der Waals surface area contributed by atoms with E-state index in [1.54, 1.807) is 11.0 Å². The Morgan fingerprint density at radius 3 is 2.52 bits per heavy atom. The summed E-state index contributed by atoms with van der Waals surface area (Å²) >= 11 is 0. The number of likely N-dealkylation sites (tertiary alicyclic amines) is 1. The summed E-state index contributed by atoms with van der Waals surface area (Å²) in [7, 11) is 1.95. The smallest absolute Gasteiger partial charge is 0.253 e. The highest BCUT2D eigenvalue weighted by atomic mass is 16.2. The fourth-order valence-electron chi connectivity index (χ4n) is 4.99. The van der Waals surface area contributed by atoms with Crippen LogP contribution in [0.3, 0.4) is 0 Å². The Labute approximate surface area is 182 Å². The lowest BCUT2D eigenvalue weighted by Gasteiger charge is -2.40. The molecule has 1 fully saturated rings. The molecule has 2 aromatic carbocycles. The molecular weight excluding hydrogens is 388 g/mol. The number of likely N-dealkylation sites (N-methyl/N-ethyl adjacent to an activating group) is 1. The van der Waals surface area contributed by atoms with E-state index in [9.17, 15) is 4.79 Å². The van der Waals surface area contributed by atoms with Crippen molar-refractivity contribution in [2.24, 2.45) is 0 Å². The maximum Gasteiger partial charge on any atom is 0.253 e. The normalized spacial score (nSPS) is 19.3. The number of nitrogens with zero attached hydrogens (tertiary/aromatic N) is 6. The molecule has 1 atom stereocenters. The summed E-state index contributed by atoms with van der Waals surface area (Å²) in [6.07, 6.45) is 6.05. The first-order valence-corrected chi connectivity index (χ1v) is 11.0. The SMILES string of the molecule is CN(C(=O)c1ccc(Cn2cnnn2)cc1)[C@H]1CCCN(C2Cc3ccccc3C2)C1. The molecule has 0 saturated carbocycles. The fourth-order valence-corrected chi connectivity index (χ4v) is 4.99. The molecule has 7 nitrogen and oxygen atoms in total. The van der Waals surface area contributed by atoms with Gasteiger partial charge in [-0.25, -0.2) is 4.68 Å². The van der Waals surface area contributed by atoms with Crippen LogP contribution in [0.1, 0.15) is 39.9 Å². The summed E-state index contributed by atoms with van der Waals surface area (Å²) < 4.78 is 1.67.